The Morgan fingerprint density at radius 1 is 1.18 bits per heavy atom. The molecule has 0 radical (unpaired) electrons. The zero-order valence-electron chi connectivity index (χ0n) is 14.4. The summed E-state index contributed by atoms with van der Waals surface area (Å²) in [7, 11) is 0. The Bertz CT molecular complexity index is 340. The smallest absolute Gasteiger partial charge is 0.410 e. The molecule has 2 fully saturated rings. The molecule has 0 aromatic carbocycles. The predicted octanol–water partition coefficient (Wildman–Crippen LogP) is 2.65. The van der Waals surface area contributed by atoms with E-state index >= 15 is 0 Å². The minimum absolute atomic E-state index is 0.168. The van der Waals surface area contributed by atoms with Crippen molar-refractivity contribution in [2.24, 2.45) is 11.8 Å². The van der Waals surface area contributed by atoms with Gasteiger partial charge in [-0.2, -0.15) is 0 Å². The van der Waals surface area contributed by atoms with Gasteiger partial charge in [0.15, 0.2) is 0 Å². The number of rotatable bonds is 4. The lowest BCUT2D eigenvalue weighted by atomic mass is 9.96. The summed E-state index contributed by atoms with van der Waals surface area (Å²) in [5, 5.41) is 3.59. The molecule has 0 spiro atoms. The SMILES string of the molecule is CC(C)(C)OC(=O)N1CCC(CNCC2CCCOC2)CC1. The lowest BCUT2D eigenvalue weighted by molar-refractivity contribution is 0.0181. The summed E-state index contributed by atoms with van der Waals surface area (Å²) in [4.78, 5) is 13.9. The Kier molecular flexibility index (Phi) is 6.50. The highest BCUT2D eigenvalue weighted by Gasteiger charge is 2.26. The minimum atomic E-state index is -0.405. The van der Waals surface area contributed by atoms with Crippen molar-refractivity contribution in [1.82, 2.24) is 10.2 Å². The first-order valence-corrected chi connectivity index (χ1v) is 8.70. The number of hydrogen-bond donors (Lipinski definition) is 1. The number of nitrogens with one attached hydrogen (secondary N) is 1. The monoisotopic (exact) mass is 312 g/mol. The molecule has 2 aliphatic heterocycles. The van der Waals surface area contributed by atoms with E-state index in [0.717, 1.165) is 52.2 Å². The van der Waals surface area contributed by atoms with Crippen LogP contribution in [0.3, 0.4) is 0 Å². The molecule has 1 N–H and O–H groups in total. The van der Waals surface area contributed by atoms with Gasteiger partial charge in [0.05, 0.1) is 6.61 Å². The first-order valence-electron chi connectivity index (χ1n) is 8.70. The number of piperidine rings is 1. The minimum Gasteiger partial charge on any atom is -0.444 e. The molecular weight excluding hydrogens is 280 g/mol. The molecule has 0 aliphatic carbocycles. The number of nitrogens with zero attached hydrogens (tertiary/aromatic N) is 1. The van der Waals surface area contributed by atoms with E-state index in [-0.39, 0.29) is 6.09 Å². The van der Waals surface area contributed by atoms with Crippen LogP contribution in [0.4, 0.5) is 4.79 Å². The van der Waals surface area contributed by atoms with Crippen LogP contribution in [-0.4, -0.2) is 56.0 Å². The molecule has 5 nitrogen and oxygen atoms in total. The zero-order chi connectivity index (χ0) is 16.0. The quantitative estimate of drug-likeness (QED) is 0.867. The van der Waals surface area contributed by atoms with Crippen LogP contribution in [0.2, 0.25) is 0 Å². The number of carbonyl (C=O) groups is 1. The van der Waals surface area contributed by atoms with Crippen molar-refractivity contribution in [3.63, 3.8) is 0 Å². The van der Waals surface area contributed by atoms with Gasteiger partial charge in [0.25, 0.3) is 0 Å². The highest BCUT2D eigenvalue weighted by atomic mass is 16.6. The van der Waals surface area contributed by atoms with Crippen LogP contribution in [0.5, 0.6) is 0 Å². The Morgan fingerprint density at radius 3 is 2.45 bits per heavy atom. The molecule has 0 aromatic rings. The Hall–Kier alpha value is -0.810. The molecule has 5 heteroatoms. The summed E-state index contributed by atoms with van der Waals surface area (Å²) < 4.78 is 10.9. The maximum atomic E-state index is 12.0. The third-order valence-corrected chi connectivity index (χ3v) is 4.39. The van der Waals surface area contributed by atoms with E-state index in [4.69, 9.17) is 9.47 Å². The summed E-state index contributed by atoms with van der Waals surface area (Å²) in [6.45, 7) is 11.3. The molecule has 2 aliphatic rings. The van der Waals surface area contributed by atoms with Crippen molar-refractivity contribution in [1.29, 1.82) is 0 Å². The van der Waals surface area contributed by atoms with Gasteiger partial charge in [-0.25, -0.2) is 4.79 Å². The van der Waals surface area contributed by atoms with Crippen LogP contribution >= 0.6 is 0 Å². The second-order valence-electron chi connectivity index (χ2n) is 7.65. The number of likely N-dealkylation sites (tertiary alicyclic amines) is 1. The topological polar surface area (TPSA) is 50.8 Å². The van der Waals surface area contributed by atoms with Gasteiger partial charge in [0, 0.05) is 26.2 Å². The van der Waals surface area contributed by atoms with Crippen molar-refractivity contribution in [2.75, 3.05) is 39.4 Å². The van der Waals surface area contributed by atoms with Crippen LogP contribution in [0.1, 0.15) is 46.5 Å². The molecular formula is C17H32N2O3. The predicted molar refractivity (Wildman–Crippen MR) is 86.9 cm³/mol. The molecule has 2 heterocycles. The van der Waals surface area contributed by atoms with Crippen molar-refractivity contribution < 1.29 is 14.3 Å². The molecule has 2 rings (SSSR count). The van der Waals surface area contributed by atoms with Crippen LogP contribution in [0.15, 0.2) is 0 Å². The van der Waals surface area contributed by atoms with Crippen molar-refractivity contribution in [3.05, 3.63) is 0 Å². The lowest BCUT2D eigenvalue weighted by Crippen LogP contribution is -2.43. The fourth-order valence-corrected chi connectivity index (χ4v) is 3.11. The lowest BCUT2D eigenvalue weighted by Gasteiger charge is -2.33. The normalized spacial score (nSPS) is 24.3. The summed E-state index contributed by atoms with van der Waals surface area (Å²) in [6.07, 6.45) is 4.43. The third kappa shape index (κ3) is 6.13. The van der Waals surface area contributed by atoms with Crippen molar-refractivity contribution in [3.8, 4) is 0 Å². The average Bonchev–Trinajstić information content (AvgIpc) is 2.47. The summed E-state index contributed by atoms with van der Waals surface area (Å²) in [5.41, 5.74) is -0.405. The molecule has 1 atom stereocenters. The van der Waals surface area contributed by atoms with E-state index in [1.54, 1.807) is 0 Å². The van der Waals surface area contributed by atoms with Gasteiger partial charge in [-0.05, 0) is 64.8 Å². The standard InChI is InChI=1S/C17H32N2O3/c1-17(2,3)22-16(20)19-8-6-14(7-9-19)11-18-12-15-5-4-10-21-13-15/h14-15,18H,4-13H2,1-3H3. The van der Waals surface area contributed by atoms with Gasteiger partial charge >= 0.3 is 6.09 Å². The van der Waals surface area contributed by atoms with E-state index in [1.165, 1.54) is 12.8 Å². The molecule has 1 amide bonds. The van der Waals surface area contributed by atoms with E-state index < -0.39 is 5.60 Å². The van der Waals surface area contributed by atoms with Crippen LogP contribution in [0.25, 0.3) is 0 Å². The maximum absolute atomic E-state index is 12.0. The maximum Gasteiger partial charge on any atom is 0.410 e. The number of carbonyl (C=O) groups excluding carboxylic acids is 1. The van der Waals surface area contributed by atoms with Gasteiger partial charge in [0.2, 0.25) is 0 Å². The molecule has 2 saturated heterocycles. The molecule has 1 unspecified atom stereocenters. The molecule has 128 valence electrons. The Balaban J connectivity index is 1.59. The number of ether oxygens (including phenoxy) is 2. The largest absolute Gasteiger partial charge is 0.444 e. The van der Waals surface area contributed by atoms with E-state index in [0.29, 0.717) is 11.8 Å². The fraction of sp³-hybridized carbons (Fsp3) is 0.941. The molecule has 0 aromatic heterocycles. The van der Waals surface area contributed by atoms with E-state index in [1.807, 2.05) is 25.7 Å². The second kappa shape index (κ2) is 8.16. The highest BCUT2D eigenvalue weighted by molar-refractivity contribution is 5.68. The van der Waals surface area contributed by atoms with Crippen molar-refractivity contribution in [2.45, 2.75) is 52.1 Å². The Labute approximate surface area is 134 Å². The van der Waals surface area contributed by atoms with Gasteiger partial charge in [0.1, 0.15) is 5.60 Å². The molecule has 0 saturated carbocycles. The van der Waals surface area contributed by atoms with Gasteiger partial charge < -0.3 is 19.7 Å². The molecule has 0 bridgehead atoms. The highest BCUT2D eigenvalue weighted by Crippen LogP contribution is 2.19. The van der Waals surface area contributed by atoms with Crippen LogP contribution in [-0.2, 0) is 9.47 Å². The Morgan fingerprint density at radius 2 is 1.86 bits per heavy atom. The summed E-state index contributed by atoms with van der Waals surface area (Å²) in [5.74, 6) is 1.35. The zero-order valence-corrected chi connectivity index (χ0v) is 14.4. The number of hydrogen-bond acceptors (Lipinski definition) is 4. The third-order valence-electron chi connectivity index (χ3n) is 4.39. The van der Waals surface area contributed by atoms with Crippen LogP contribution in [0, 0.1) is 11.8 Å². The fourth-order valence-electron chi connectivity index (χ4n) is 3.11. The van der Waals surface area contributed by atoms with Crippen molar-refractivity contribution >= 4 is 6.09 Å². The summed E-state index contributed by atoms with van der Waals surface area (Å²) >= 11 is 0. The van der Waals surface area contributed by atoms with Crippen LogP contribution < -0.4 is 5.32 Å². The van der Waals surface area contributed by atoms with E-state index in [2.05, 4.69) is 5.32 Å². The van der Waals surface area contributed by atoms with Gasteiger partial charge in [-0.1, -0.05) is 0 Å². The van der Waals surface area contributed by atoms with Gasteiger partial charge in [-0.3, -0.25) is 0 Å². The van der Waals surface area contributed by atoms with Gasteiger partial charge in [-0.15, -0.1) is 0 Å². The first kappa shape index (κ1) is 17.5. The van der Waals surface area contributed by atoms with E-state index in [9.17, 15) is 4.79 Å². The first-order chi connectivity index (χ1) is 10.4. The molecule has 22 heavy (non-hydrogen) atoms. The number of amides is 1. The second-order valence-corrected chi connectivity index (χ2v) is 7.65. The summed E-state index contributed by atoms with van der Waals surface area (Å²) in [6, 6.07) is 0. The average molecular weight is 312 g/mol.